The highest BCUT2D eigenvalue weighted by Gasteiger charge is 2.55. The van der Waals surface area contributed by atoms with Crippen molar-refractivity contribution in [2.75, 3.05) is 11.9 Å². The van der Waals surface area contributed by atoms with Crippen molar-refractivity contribution in [2.24, 2.45) is 5.73 Å². The van der Waals surface area contributed by atoms with E-state index in [1.165, 1.54) is 12.1 Å². The number of nitrogens with one attached hydrogen (secondary N) is 1. The molecule has 2 heterocycles. The number of quaternary nitrogens is 1. The fourth-order valence-electron chi connectivity index (χ4n) is 5.78. The number of nitrogens with zero attached hydrogens (tertiary/aromatic N) is 2. The number of hydrogen-bond acceptors (Lipinski definition) is 5. The van der Waals surface area contributed by atoms with Crippen molar-refractivity contribution in [1.29, 1.82) is 0 Å². The molecule has 4 aromatic rings. The summed E-state index contributed by atoms with van der Waals surface area (Å²) in [5, 5.41) is 3.31. The summed E-state index contributed by atoms with van der Waals surface area (Å²) in [5.74, 6) is -1.02. The van der Waals surface area contributed by atoms with E-state index in [1.54, 1.807) is 12.1 Å². The van der Waals surface area contributed by atoms with Gasteiger partial charge in [-0.15, -0.1) is 0 Å². The van der Waals surface area contributed by atoms with Crippen LogP contribution < -0.4 is 11.1 Å². The van der Waals surface area contributed by atoms with Crippen LogP contribution >= 0.6 is 0 Å². The Morgan fingerprint density at radius 3 is 2.30 bits per heavy atom. The highest BCUT2D eigenvalue weighted by molar-refractivity contribution is 7.86. The van der Waals surface area contributed by atoms with Gasteiger partial charge in [0.25, 0.3) is 5.91 Å². The molecule has 0 aliphatic carbocycles. The lowest BCUT2D eigenvalue weighted by Crippen LogP contribution is -2.59. The fraction of sp³-hybridized carbons (Fsp3) is 0.250. The maximum absolute atomic E-state index is 14.2. The van der Waals surface area contributed by atoms with Crippen LogP contribution in [0.25, 0.3) is 11.3 Å². The molecule has 0 radical (unpaired) electrons. The van der Waals surface area contributed by atoms with Gasteiger partial charge in [0.05, 0.1) is 17.8 Å². The predicted octanol–water partition coefficient (Wildman–Crippen LogP) is 6.43. The van der Waals surface area contributed by atoms with Crippen molar-refractivity contribution < 1.29 is 34.7 Å². The van der Waals surface area contributed by atoms with Crippen LogP contribution in [0.5, 0.6) is 0 Å². The van der Waals surface area contributed by atoms with Gasteiger partial charge in [0, 0.05) is 30.0 Å². The summed E-state index contributed by atoms with van der Waals surface area (Å²) < 4.78 is 81.2. The van der Waals surface area contributed by atoms with Crippen LogP contribution in [0, 0.1) is 5.82 Å². The van der Waals surface area contributed by atoms with E-state index in [0.29, 0.717) is 29.1 Å². The summed E-state index contributed by atoms with van der Waals surface area (Å²) in [6.07, 6.45) is -3.87. The van der Waals surface area contributed by atoms with E-state index in [2.05, 4.69) is 10.3 Å². The largest absolute Gasteiger partial charge is 0.416 e. The van der Waals surface area contributed by atoms with Crippen molar-refractivity contribution >= 4 is 21.7 Å². The SMILES string of the molecule is CC(Nc1cc(C[N+]2(S(=O)(=O)c3ccc(F)cc3)CCC[C@H]2C(N)=O)cc(-c2ccc(C(F)(F)F)cc2)n1)c1ccccc1. The molecule has 44 heavy (non-hydrogen) atoms. The van der Waals surface area contributed by atoms with Gasteiger partial charge in [-0.25, -0.2) is 13.3 Å². The lowest BCUT2D eigenvalue weighted by atomic mass is 10.1. The normalized spacial score (nSPS) is 19.4. The number of carbonyl (C=O) groups excluding carboxylic acids is 1. The minimum absolute atomic E-state index is 0.0778. The third-order valence-electron chi connectivity index (χ3n) is 8.01. The molecule has 1 aliphatic rings. The predicted molar refractivity (Wildman–Crippen MR) is 158 cm³/mol. The van der Waals surface area contributed by atoms with Crippen molar-refractivity contribution in [2.45, 2.75) is 49.5 Å². The van der Waals surface area contributed by atoms with E-state index in [0.717, 1.165) is 42.0 Å². The van der Waals surface area contributed by atoms with Gasteiger partial charge in [-0.05, 0) is 61.0 Å². The molecule has 1 amide bonds. The van der Waals surface area contributed by atoms with Crippen molar-refractivity contribution in [1.82, 2.24) is 4.98 Å². The van der Waals surface area contributed by atoms with Crippen LogP contribution in [0.3, 0.4) is 0 Å². The number of carbonyl (C=O) groups is 1. The van der Waals surface area contributed by atoms with Crippen LogP contribution in [0.15, 0.2) is 95.9 Å². The standard InChI is InChI=1S/C32H30F4N4O3S/c1-21(23-6-3-2-4-7-23)38-30-19-22(18-28(39-30)24-9-11-25(12-10-24)32(34,35)36)20-40(17-5-8-29(40)31(37)41)44(42,43)27-15-13-26(33)14-16-27/h2-4,6-7,9-16,18-19,21,29H,5,8,17,20H2,1H3,(H2-,37,38,39,41)/p+1/t21?,29-,40?/m0/s1. The first kappa shape index (κ1) is 31.1. The van der Waals surface area contributed by atoms with E-state index in [1.807, 2.05) is 37.3 Å². The molecule has 0 saturated carbocycles. The minimum atomic E-state index is -4.52. The molecule has 7 nitrogen and oxygen atoms in total. The Morgan fingerprint density at radius 2 is 1.68 bits per heavy atom. The average molecular weight is 628 g/mol. The molecule has 1 fully saturated rings. The van der Waals surface area contributed by atoms with Crippen molar-refractivity contribution in [3.63, 3.8) is 0 Å². The van der Waals surface area contributed by atoms with Crippen LogP contribution in [0.2, 0.25) is 0 Å². The number of nitrogens with two attached hydrogens (primary N) is 1. The lowest BCUT2D eigenvalue weighted by molar-refractivity contribution is -0.823. The average Bonchev–Trinajstić information content (AvgIpc) is 3.43. The Bertz CT molecular complexity index is 1750. The molecule has 3 aromatic carbocycles. The molecule has 1 saturated heterocycles. The second-order valence-corrected chi connectivity index (χ2v) is 13.1. The van der Waals surface area contributed by atoms with Crippen molar-refractivity contribution in [3.8, 4) is 11.3 Å². The van der Waals surface area contributed by atoms with E-state index >= 15 is 0 Å². The second kappa shape index (κ2) is 12.0. The summed E-state index contributed by atoms with van der Waals surface area (Å²) in [6.45, 7) is 1.81. The zero-order valence-electron chi connectivity index (χ0n) is 23.8. The number of benzene rings is 3. The molecular formula is C32H31F4N4O3S+. The van der Waals surface area contributed by atoms with Crippen molar-refractivity contribution in [3.05, 3.63) is 114 Å². The number of anilines is 1. The Kier molecular flexibility index (Phi) is 8.50. The summed E-state index contributed by atoms with van der Waals surface area (Å²) in [4.78, 5) is 17.2. The molecule has 0 bridgehead atoms. The molecule has 2 unspecified atom stereocenters. The Balaban J connectivity index is 1.62. The zero-order valence-corrected chi connectivity index (χ0v) is 24.6. The number of hydrogen-bond donors (Lipinski definition) is 2. The Hall–Kier alpha value is -4.29. The maximum atomic E-state index is 14.2. The number of aromatic nitrogens is 1. The van der Waals surface area contributed by atoms with Crippen LogP contribution in [0.4, 0.5) is 23.4 Å². The highest BCUT2D eigenvalue weighted by atomic mass is 32.2. The molecule has 3 atom stereocenters. The zero-order chi connectivity index (χ0) is 31.7. The first-order valence-corrected chi connectivity index (χ1v) is 15.4. The second-order valence-electron chi connectivity index (χ2n) is 10.9. The Labute approximate surface area is 253 Å². The van der Waals surface area contributed by atoms with E-state index in [-0.39, 0.29) is 30.4 Å². The number of amides is 1. The first-order chi connectivity index (χ1) is 20.8. The number of sulfonamides is 1. The first-order valence-electron chi connectivity index (χ1n) is 14.0. The monoisotopic (exact) mass is 627 g/mol. The topological polar surface area (TPSA) is 102 Å². The van der Waals surface area contributed by atoms with Gasteiger partial charge in [-0.3, -0.25) is 4.79 Å². The van der Waals surface area contributed by atoms with Crippen LogP contribution in [-0.4, -0.2) is 35.8 Å². The lowest BCUT2D eigenvalue weighted by Gasteiger charge is -2.37. The van der Waals surface area contributed by atoms with Crippen LogP contribution in [0.1, 0.15) is 42.5 Å². The molecule has 3 N–H and O–H groups in total. The third-order valence-corrected chi connectivity index (χ3v) is 10.4. The molecule has 0 spiro atoms. The summed E-state index contributed by atoms with van der Waals surface area (Å²) in [5.41, 5.74) is 7.06. The van der Waals surface area contributed by atoms with Gasteiger partial charge >= 0.3 is 16.2 Å². The number of pyridine rings is 1. The quantitative estimate of drug-likeness (QED) is 0.165. The van der Waals surface area contributed by atoms with Gasteiger partial charge in [-0.1, -0.05) is 42.5 Å². The van der Waals surface area contributed by atoms with Gasteiger partial charge in [0.1, 0.15) is 23.1 Å². The van der Waals surface area contributed by atoms with Gasteiger partial charge in [-0.2, -0.15) is 21.6 Å². The number of rotatable bonds is 9. The number of primary amides is 1. The third kappa shape index (κ3) is 6.18. The number of likely N-dealkylation sites (tertiary alicyclic amines) is 1. The molecular weight excluding hydrogens is 596 g/mol. The van der Waals surface area contributed by atoms with E-state index < -0.39 is 43.4 Å². The fourth-order valence-corrected chi connectivity index (χ4v) is 7.91. The van der Waals surface area contributed by atoms with Gasteiger partial charge in [0.15, 0.2) is 6.04 Å². The molecule has 230 valence electrons. The Morgan fingerprint density at radius 1 is 1.02 bits per heavy atom. The molecule has 1 aliphatic heterocycles. The van der Waals surface area contributed by atoms with Gasteiger partial charge in [0.2, 0.25) is 0 Å². The number of alkyl halides is 3. The van der Waals surface area contributed by atoms with Gasteiger partial charge < -0.3 is 11.1 Å². The maximum Gasteiger partial charge on any atom is 0.416 e. The smallest absolute Gasteiger partial charge is 0.364 e. The van der Waals surface area contributed by atoms with E-state index in [4.69, 9.17) is 5.73 Å². The summed E-state index contributed by atoms with van der Waals surface area (Å²) in [7, 11) is -4.28. The highest BCUT2D eigenvalue weighted by Crippen LogP contribution is 2.39. The minimum Gasteiger partial charge on any atom is -0.364 e. The number of halogens is 4. The summed E-state index contributed by atoms with van der Waals surface area (Å²) >= 11 is 0. The molecule has 1 aromatic heterocycles. The molecule has 5 rings (SSSR count). The summed E-state index contributed by atoms with van der Waals surface area (Å²) in [6, 6.07) is 20.4. The van der Waals surface area contributed by atoms with E-state index in [9.17, 15) is 30.8 Å². The van der Waals surface area contributed by atoms with Crippen LogP contribution in [-0.2, 0) is 27.5 Å². The molecule has 12 heteroatoms.